The highest BCUT2D eigenvalue weighted by Crippen LogP contribution is 2.51. The highest BCUT2D eigenvalue weighted by Gasteiger charge is 2.39. The Balaban J connectivity index is 1.82. The Labute approximate surface area is 147 Å². The Bertz CT molecular complexity index is 916. The lowest BCUT2D eigenvalue weighted by molar-refractivity contribution is -0.384. The number of nitro groups is 1. The summed E-state index contributed by atoms with van der Waals surface area (Å²) in [5.74, 6) is -1.39. The second-order valence-electron chi connectivity index (χ2n) is 6.30. The van der Waals surface area contributed by atoms with Crippen LogP contribution in [0.5, 0.6) is 0 Å². The lowest BCUT2D eigenvalue weighted by atomic mass is 9.77. The minimum Gasteiger partial charge on any atom is -0.375 e. The standard InChI is InChI=1S/C18H13ClF2N2O2/c19-14-5-4-9(6-16(14)23(24)25)17-12-3-1-2-11(12)13-7-10(20)8-15(21)18(13)22-17/h1-2,4-8,11-12,17,22H,3H2/t11-,12+,17-/m0/s1. The maximum absolute atomic E-state index is 14.3. The molecule has 2 aliphatic rings. The van der Waals surface area contributed by atoms with E-state index in [9.17, 15) is 18.9 Å². The van der Waals surface area contributed by atoms with E-state index in [1.165, 1.54) is 18.2 Å². The van der Waals surface area contributed by atoms with Gasteiger partial charge in [-0.3, -0.25) is 10.1 Å². The summed E-state index contributed by atoms with van der Waals surface area (Å²) < 4.78 is 27.9. The van der Waals surface area contributed by atoms with Crippen LogP contribution in [0.4, 0.5) is 20.2 Å². The fourth-order valence-corrected chi connectivity index (χ4v) is 4.00. The van der Waals surface area contributed by atoms with Gasteiger partial charge in [-0.1, -0.05) is 29.8 Å². The van der Waals surface area contributed by atoms with E-state index < -0.39 is 16.6 Å². The molecule has 0 radical (unpaired) electrons. The number of anilines is 1. The molecule has 25 heavy (non-hydrogen) atoms. The van der Waals surface area contributed by atoms with Gasteiger partial charge in [0, 0.05) is 18.1 Å². The molecule has 0 saturated heterocycles. The van der Waals surface area contributed by atoms with E-state index in [0.717, 1.165) is 12.5 Å². The molecule has 4 nitrogen and oxygen atoms in total. The monoisotopic (exact) mass is 362 g/mol. The molecule has 0 amide bonds. The number of fused-ring (bicyclic) bond motifs is 3. The van der Waals surface area contributed by atoms with Crippen molar-refractivity contribution in [3.05, 3.63) is 80.4 Å². The van der Waals surface area contributed by atoms with Crippen LogP contribution in [0.2, 0.25) is 5.02 Å². The Hall–Kier alpha value is -2.47. The van der Waals surface area contributed by atoms with Gasteiger partial charge in [0.1, 0.15) is 16.7 Å². The molecule has 2 aromatic rings. The Morgan fingerprint density at radius 2 is 2.04 bits per heavy atom. The summed E-state index contributed by atoms with van der Waals surface area (Å²) in [7, 11) is 0. The van der Waals surface area contributed by atoms with Gasteiger partial charge in [0.15, 0.2) is 0 Å². The molecule has 4 rings (SSSR count). The average Bonchev–Trinajstić information content (AvgIpc) is 3.04. The summed E-state index contributed by atoms with van der Waals surface area (Å²) in [5, 5.41) is 14.3. The van der Waals surface area contributed by atoms with E-state index >= 15 is 0 Å². The predicted octanol–water partition coefficient (Wildman–Crippen LogP) is 5.35. The first kappa shape index (κ1) is 16.0. The summed E-state index contributed by atoms with van der Waals surface area (Å²) in [6, 6.07) is 6.45. The van der Waals surface area contributed by atoms with Crippen LogP contribution in [0.15, 0.2) is 42.5 Å². The highest BCUT2D eigenvalue weighted by atomic mass is 35.5. The van der Waals surface area contributed by atoms with Gasteiger partial charge in [0.2, 0.25) is 0 Å². The van der Waals surface area contributed by atoms with Crippen LogP contribution in [0.1, 0.15) is 29.5 Å². The quantitative estimate of drug-likeness (QED) is 0.445. The molecule has 3 atom stereocenters. The number of halogens is 3. The SMILES string of the molecule is O=[N+]([O-])c1cc([C@@H]2Nc3c(F)cc(F)cc3[C@H]3C=CC[C@H]32)ccc1Cl. The van der Waals surface area contributed by atoms with Gasteiger partial charge in [0.25, 0.3) is 5.69 Å². The fraction of sp³-hybridized carbons (Fsp3) is 0.222. The number of benzene rings is 2. The van der Waals surface area contributed by atoms with Gasteiger partial charge in [-0.25, -0.2) is 8.78 Å². The van der Waals surface area contributed by atoms with Crippen molar-refractivity contribution >= 4 is 23.0 Å². The van der Waals surface area contributed by atoms with E-state index in [1.54, 1.807) is 6.07 Å². The van der Waals surface area contributed by atoms with Gasteiger partial charge in [-0.2, -0.15) is 0 Å². The van der Waals surface area contributed by atoms with Crippen LogP contribution in [-0.4, -0.2) is 4.92 Å². The van der Waals surface area contributed by atoms with Crippen molar-refractivity contribution in [2.24, 2.45) is 5.92 Å². The number of allylic oxidation sites excluding steroid dienone is 2. The van der Waals surface area contributed by atoms with Gasteiger partial charge < -0.3 is 5.32 Å². The van der Waals surface area contributed by atoms with E-state index in [2.05, 4.69) is 5.32 Å². The molecule has 0 saturated carbocycles. The lowest BCUT2D eigenvalue weighted by Gasteiger charge is -2.37. The van der Waals surface area contributed by atoms with Gasteiger partial charge in [-0.05, 0) is 35.6 Å². The van der Waals surface area contributed by atoms with Crippen molar-refractivity contribution in [3.8, 4) is 0 Å². The summed E-state index contributed by atoms with van der Waals surface area (Å²) in [6.45, 7) is 0. The number of rotatable bonds is 2. The molecule has 128 valence electrons. The molecule has 1 N–H and O–H groups in total. The van der Waals surface area contributed by atoms with Crippen LogP contribution in [0, 0.1) is 27.7 Å². The maximum Gasteiger partial charge on any atom is 0.288 e. The fourth-order valence-electron chi connectivity index (χ4n) is 3.81. The van der Waals surface area contributed by atoms with Crippen LogP contribution in [-0.2, 0) is 0 Å². The smallest absolute Gasteiger partial charge is 0.288 e. The van der Waals surface area contributed by atoms with Gasteiger partial charge in [0.05, 0.1) is 16.7 Å². The maximum atomic E-state index is 14.3. The molecular formula is C18H13ClF2N2O2. The molecule has 7 heteroatoms. The molecule has 1 heterocycles. The first-order valence-electron chi connectivity index (χ1n) is 7.81. The third-order valence-electron chi connectivity index (χ3n) is 4.91. The molecule has 0 fully saturated rings. The average molecular weight is 363 g/mol. The Kier molecular flexibility index (Phi) is 3.72. The van der Waals surface area contributed by atoms with E-state index in [1.807, 2.05) is 12.2 Å². The zero-order valence-corrected chi connectivity index (χ0v) is 13.6. The minimum atomic E-state index is -0.665. The molecule has 0 spiro atoms. The largest absolute Gasteiger partial charge is 0.375 e. The van der Waals surface area contributed by atoms with Crippen molar-refractivity contribution in [2.75, 3.05) is 5.32 Å². The van der Waals surface area contributed by atoms with Crippen molar-refractivity contribution in [1.29, 1.82) is 0 Å². The van der Waals surface area contributed by atoms with Crippen molar-refractivity contribution < 1.29 is 13.7 Å². The van der Waals surface area contributed by atoms with Crippen LogP contribution in [0.3, 0.4) is 0 Å². The summed E-state index contributed by atoms with van der Waals surface area (Å²) >= 11 is 5.89. The molecule has 0 bridgehead atoms. The zero-order valence-electron chi connectivity index (χ0n) is 12.9. The number of nitro benzene ring substituents is 1. The number of nitrogens with one attached hydrogen (secondary N) is 1. The first-order chi connectivity index (χ1) is 12.0. The number of hydrogen-bond acceptors (Lipinski definition) is 3. The van der Waals surface area contributed by atoms with Crippen molar-refractivity contribution in [3.63, 3.8) is 0 Å². The van der Waals surface area contributed by atoms with Crippen LogP contribution >= 0.6 is 11.6 Å². The molecule has 1 aliphatic heterocycles. The zero-order chi connectivity index (χ0) is 17.7. The second kappa shape index (κ2) is 5.81. The van der Waals surface area contributed by atoms with Crippen molar-refractivity contribution in [2.45, 2.75) is 18.4 Å². The topological polar surface area (TPSA) is 55.2 Å². The normalized spacial score (nSPS) is 23.7. The summed E-state index contributed by atoms with van der Waals surface area (Å²) in [5.41, 5.74) is 1.30. The first-order valence-corrected chi connectivity index (χ1v) is 8.19. The van der Waals surface area contributed by atoms with Crippen LogP contribution in [0.25, 0.3) is 0 Å². The lowest BCUT2D eigenvalue weighted by Crippen LogP contribution is -2.30. The van der Waals surface area contributed by atoms with E-state index in [-0.39, 0.29) is 34.3 Å². The molecule has 0 aromatic heterocycles. The Morgan fingerprint density at radius 1 is 1.24 bits per heavy atom. The number of nitrogens with zero attached hydrogens (tertiary/aromatic N) is 1. The second-order valence-corrected chi connectivity index (χ2v) is 6.70. The third-order valence-corrected chi connectivity index (χ3v) is 5.23. The minimum absolute atomic E-state index is 0.0227. The van der Waals surface area contributed by atoms with Gasteiger partial charge >= 0.3 is 0 Å². The molecule has 0 unspecified atom stereocenters. The third kappa shape index (κ3) is 2.57. The van der Waals surface area contributed by atoms with Crippen LogP contribution < -0.4 is 5.32 Å². The highest BCUT2D eigenvalue weighted by molar-refractivity contribution is 6.32. The number of hydrogen-bond donors (Lipinski definition) is 1. The van der Waals surface area contributed by atoms with E-state index in [4.69, 9.17) is 11.6 Å². The molecule has 1 aliphatic carbocycles. The van der Waals surface area contributed by atoms with Crippen molar-refractivity contribution in [1.82, 2.24) is 0 Å². The molecular weight excluding hydrogens is 350 g/mol. The van der Waals surface area contributed by atoms with Gasteiger partial charge in [-0.15, -0.1) is 0 Å². The summed E-state index contributed by atoms with van der Waals surface area (Å²) in [6.07, 6.45) is 4.64. The van der Waals surface area contributed by atoms with E-state index in [0.29, 0.717) is 11.1 Å². The predicted molar refractivity (Wildman–Crippen MR) is 90.8 cm³/mol. The molecule has 2 aromatic carbocycles. The Morgan fingerprint density at radius 3 is 2.80 bits per heavy atom. The summed E-state index contributed by atoms with van der Waals surface area (Å²) in [4.78, 5) is 10.6.